The Morgan fingerprint density at radius 2 is 2.25 bits per heavy atom. The van der Waals surface area contributed by atoms with Gasteiger partial charge < -0.3 is 5.73 Å². The van der Waals surface area contributed by atoms with Crippen LogP contribution in [0.25, 0.3) is 0 Å². The summed E-state index contributed by atoms with van der Waals surface area (Å²) in [5.74, 6) is 0. The van der Waals surface area contributed by atoms with Gasteiger partial charge in [-0.05, 0) is 66.7 Å². The van der Waals surface area contributed by atoms with E-state index in [4.69, 9.17) is 5.73 Å². The van der Waals surface area contributed by atoms with Crippen LogP contribution < -0.4 is 5.73 Å². The molecule has 2 heterocycles. The van der Waals surface area contributed by atoms with E-state index >= 15 is 0 Å². The molecule has 0 bridgehead atoms. The van der Waals surface area contributed by atoms with Gasteiger partial charge in [-0.25, -0.2) is 0 Å². The first-order valence-corrected chi connectivity index (χ1v) is 7.27. The molecule has 2 aromatic rings. The highest BCUT2D eigenvalue weighted by Gasteiger charge is 2.12. The zero-order chi connectivity index (χ0) is 11.5. The maximum atomic E-state index is 6.13. The van der Waals surface area contributed by atoms with Crippen molar-refractivity contribution in [2.45, 2.75) is 12.5 Å². The van der Waals surface area contributed by atoms with E-state index in [-0.39, 0.29) is 6.04 Å². The Balaban J connectivity index is 2.17. The first kappa shape index (κ1) is 12.2. The molecule has 2 aromatic heterocycles. The van der Waals surface area contributed by atoms with Crippen molar-refractivity contribution in [2.75, 3.05) is 0 Å². The van der Waals surface area contributed by atoms with Gasteiger partial charge in [0, 0.05) is 15.1 Å². The van der Waals surface area contributed by atoms with Crippen LogP contribution in [0.4, 0.5) is 0 Å². The lowest BCUT2D eigenvalue weighted by Crippen LogP contribution is -2.15. The zero-order valence-corrected chi connectivity index (χ0v) is 12.3. The van der Waals surface area contributed by atoms with Gasteiger partial charge in [-0.1, -0.05) is 0 Å². The fraction of sp³-hybridized carbons (Fsp3) is 0.182. The molecule has 0 radical (unpaired) electrons. The molecule has 0 fully saturated rings. The van der Waals surface area contributed by atoms with Crippen LogP contribution in [0.2, 0.25) is 0 Å². The summed E-state index contributed by atoms with van der Waals surface area (Å²) in [4.78, 5) is 4.34. The second-order valence-electron chi connectivity index (χ2n) is 3.46. The summed E-state index contributed by atoms with van der Waals surface area (Å²) in [5.41, 5.74) is 8.29. The Bertz CT molecular complexity index is 471. The van der Waals surface area contributed by atoms with Crippen LogP contribution in [-0.4, -0.2) is 4.98 Å². The predicted molar refractivity (Wildman–Crippen MR) is 74.6 cm³/mol. The molecule has 1 atom stereocenters. The zero-order valence-electron chi connectivity index (χ0n) is 8.36. The number of pyridine rings is 1. The monoisotopic (exact) mass is 360 g/mol. The fourth-order valence-electron chi connectivity index (χ4n) is 1.46. The maximum Gasteiger partial charge on any atom is 0.0716 e. The van der Waals surface area contributed by atoms with Crippen LogP contribution in [0.1, 0.15) is 17.3 Å². The number of nitrogens with zero attached hydrogens (tertiary/aromatic N) is 1. The predicted octanol–water partition coefficient (Wildman–Crippen LogP) is 3.91. The summed E-state index contributed by atoms with van der Waals surface area (Å²) in [6.45, 7) is 0. The quantitative estimate of drug-likeness (QED) is 0.899. The molecule has 5 heteroatoms. The second kappa shape index (κ2) is 5.40. The molecule has 0 aliphatic carbocycles. The minimum Gasteiger partial charge on any atom is -0.322 e. The summed E-state index contributed by atoms with van der Waals surface area (Å²) in [7, 11) is 0. The summed E-state index contributed by atoms with van der Waals surface area (Å²) >= 11 is 8.54. The highest BCUT2D eigenvalue weighted by molar-refractivity contribution is 9.11. The maximum absolute atomic E-state index is 6.13. The number of halogens is 2. The van der Waals surface area contributed by atoms with Gasteiger partial charge in [0.2, 0.25) is 0 Å². The van der Waals surface area contributed by atoms with Crippen LogP contribution >= 0.6 is 43.2 Å². The van der Waals surface area contributed by atoms with Crippen LogP contribution in [0.3, 0.4) is 0 Å². The topological polar surface area (TPSA) is 38.9 Å². The summed E-state index contributed by atoms with van der Waals surface area (Å²) < 4.78 is 1.90. The molecule has 0 spiro atoms. The van der Waals surface area contributed by atoms with Crippen molar-refractivity contribution in [3.05, 3.63) is 49.3 Å². The molecule has 0 saturated carbocycles. The minimum atomic E-state index is -0.0722. The molecule has 2 rings (SSSR count). The molecule has 0 aromatic carbocycles. The van der Waals surface area contributed by atoms with Gasteiger partial charge in [0.05, 0.1) is 11.7 Å². The lowest BCUT2D eigenvalue weighted by Gasteiger charge is -2.12. The van der Waals surface area contributed by atoms with Gasteiger partial charge >= 0.3 is 0 Å². The highest BCUT2D eigenvalue weighted by atomic mass is 79.9. The van der Waals surface area contributed by atoms with Crippen LogP contribution in [0.15, 0.2) is 38.0 Å². The van der Waals surface area contributed by atoms with Gasteiger partial charge in [0.1, 0.15) is 0 Å². The summed E-state index contributed by atoms with van der Waals surface area (Å²) in [5, 5.41) is 4.18. The van der Waals surface area contributed by atoms with E-state index in [1.54, 1.807) is 17.5 Å². The number of nitrogens with two attached hydrogens (primary N) is 1. The van der Waals surface area contributed by atoms with Gasteiger partial charge in [0.15, 0.2) is 0 Å². The van der Waals surface area contributed by atoms with Gasteiger partial charge in [-0.3, -0.25) is 4.98 Å². The molecule has 0 aliphatic heterocycles. The first-order valence-electron chi connectivity index (χ1n) is 4.74. The van der Waals surface area contributed by atoms with Crippen molar-refractivity contribution in [3.8, 4) is 0 Å². The second-order valence-corrected chi connectivity index (χ2v) is 6.01. The van der Waals surface area contributed by atoms with Crippen molar-refractivity contribution in [3.63, 3.8) is 0 Å². The standard InChI is InChI=1S/C11H10Br2N2S/c12-8-4-9(13)11(15-5-8)10(14)3-7-1-2-16-6-7/h1-2,4-6,10H,3,14H2. The van der Waals surface area contributed by atoms with Crippen molar-refractivity contribution in [2.24, 2.45) is 5.73 Å². The Labute approximate surface area is 115 Å². The Morgan fingerprint density at radius 1 is 1.44 bits per heavy atom. The van der Waals surface area contributed by atoms with E-state index in [2.05, 4.69) is 53.7 Å². The van der Waals surface area contributed by atoms with E-state index < -0.39 is 0 Å². The third-order valence-corrected chi connectivity index (χ3v) is 4.02. The number of thiophene rings is 1. The SMILES string of the molecule is NC(Cc1ccsc1)c1ncc(Br)cc1Br. The average molecular weight is 362 g/mol. The lowest BCUT2D eigenvalue weighted by atomic mass is 10.1. The smallest absolute Gasteiger partial charge is 0.0716 e. The molecule has 0 amide bonds. The molecule has 84 valence electrons. The minimum absolute atomic E-state index is 0.0722. The van der Waals surface area contributed by atoms with Crippen LogP contribution in [-0.2, 0) is 6.42 Å². The van der Waals surface area contributed by atoms with E-state index in [0.717, 1.165) is 21.1 Å². The van der Waals surface area contributed by atoms with E-state index in [9.17, 15) is 0 Å². The van der Waals surface area contributed by atoms with E-state index in [1.165, 1.54) is 5.56 Å². The van der Waals surface area contributed by atoms with Crippen LogP contribution in [0.5, 0.6) is 0 Å². The van der Waals surface area contributed by atoms with Crippen molar-refractivity contribution >= 4 is 43.2 Å². The summed E-state index contributed by atoms with van der Waals surface area (Å²) in [6, 6.07) is 3.99. The number of hydrogen-bond donors (Lipinski definition) is 1. The molecule has 0 aliphatic rings. The fourth-order valence-corrected chi connectivity index (χ4v) is 3.42. The average Bonchev–Trinajstić information content (AvgIpc) is 2.70. The largest absolute Gasteiger partial charge is 0.322 e. The van der Waals surface area contributed by atoms with Gasteiger partial charge in [0.25, 0.3) is 0 Å². The van der Waals surface area contributed by atoms with E-state index in [1.807, 2.05) is 6.07 Å². The molecular formula is C11H10Br2N2S. The number of aromatic nitrogens is 1. The first-order chi connectivity index (χ1) is 7.66. The van der Waals surface area contributed by atoms with Crippen molar-refractivity contribution in [1.29, 1.82) is 0 Å². The normalized spacial score (nSPS) is 12.7. The number of hydrogen-bond acceptors (Lipinski definition) is 3. The third-order valence-electron chi connectivity index (χ3n) is 2.22. The van der Waals surface area contributed by atoms with Crippen molar-refractivity contribution in [1.82, 2.24) is 4.98 Å². The Morgan fingerprint density at radius 3 is 2.88 bits per heavy atom. The molecule has 1 unspecified atom stereocenters. The Hall–Kier alpha value is -0.230. The molecule has 2 nitrogen and oxygen atoms in total. The van der Waals surface area contributed by atoms with E-state index in [0.29, 0.717) is 0 Å². The summed E-state index contributed by atoms with van der Waals surface area (Å²) in [6.07, 6.45) is 2.59. The van der Waals surface area contributed by atoms with Crippen molar-refractivity contribution < 1.29 is 0 Å². The highest BCUT2D eigenvalue weighted by Crippen LogP contribution is 2.25. The molecule has 0 saturated heterocycles. The third kappa shape index (κ3) is 2.91. The van der Waals surface area contributed by atoms with Gasteiger partial charge in [-0.2, -0.15) is 11.3 Å². The molecule has 2 N–H and O–H groups in total. The Kier molecular flexibility index (Phi) is 4.13. The van der Waals surface area contributed by atoms with Crippen LogP contribution in [0, 0.1) is 0 Å². The number of rotatable bonds is 3. The molecule has 16 heavy (non-hydrogen) atoms. The lowest BCUT2D eigenvalue weighted by molar-refractivity contribution is 0.693. The van der Waals surface area contributed by atoms with Gasteiger partial charge in [-0.15, -0.1) is 0 Å². The molecular weight excluding hydrogens is 352 g/mol.